The van der Waals surface area contributed by atoms with Crippen LogP contribution in [-0.4, -0.2) is 57.1 Å². The van der Waals surface area contributed by atoms with E-state index in [0.29, 0.717) is 0 Å². The van der Waals surface area contributed by atoms with Crippen LogP contribution in [0.5, 0.6) is 0 Å². The molecule has 0 spiro atoms. The highest BCUT2D eigenvalue weighted by Crippen LogP contribution is 2.17. The lowest BCUT2D eigenvalue weighted by Crippen LogP contribution is -2.43. The fraction of sp³-hybridized carbons (Fsp3) is 0.545. The van der Waals surface area contributed by atoms with Crippen molar-refractivity contribution in [1.82, 2.24) is 0 Å². The highest BCUT2D eigenvalue weighted by Gasteiger charge is 2.41. The Morgan fingerprint density at radius 2 is 1.52 bits per heavy atom. The predicted octanol–water partition coefficient (Wildman–Crippen LogP) is -1.96. The summed E-state index contributed by atoms with van der Waals surface area (Å²) in [5.41, 5.74) is 2.12. The molecule has 1 atom stereocenters. The smallest absolute Gasteiger partial charge is 0.336 e. The normalized spacial score (nSPS) is 13.0. The summed E-state index contributed by atoms with van der Waals surface area (Å²) in [7, 11) is 0. The van der Waals surface area contributed by atoms with Crippen LogP contribution in [0.2, 0.25) is 0 Å². The molecule has 0 aliphatic carbocycles. The summed E-state index contributed by atoms with van der Waals surface area (Å²) in [4.78, 5) is 54.5. The van der Waals surface area contributed by atoms with Crippen LogP contribution in [0.25, 0.3) is 0 Å². The third kappa shape index (κ3) is 7.13. The second-order valence-corrected chi connectivity index (χ2v) is 4.17. The zero-order valence-corrected chi connectivity index (χ0v) is 10.9. The van der Waals surface area contributed by atoms with Gasteiger partial charge in [0.2, 0.25) is 0 Å². The minimum Gasteiger partial charge on any atom is -0.481 e. The van der Waals surface area contributed by atoms with Gasteiger partial charge in [-0.15, -0.1) is 0 Å². The SMILES string of the molecule is NCC(=O)CCC(=O)OC(=O)CC(O)(CC(=O)O)C(=O)O. The Labute approximate surface area is 118 Å². The monoisotopic (exact) mass is 305 g/mol. The number of Topliss-reactive ketones (excluding diaryl/α,β-unsaturated/α-hetero) is 1. The number of hydrogen-bond donors (Lipinski definition) is 4. The van der Waals surface area contributed by atoms with Crippen molar-refractivity contribution in [3.63, 3.8) is 0 Å². The third-order valence-corrected chi connectivity index (χ3v) is 2.34. The van der Waals surface area contributed by atoms with Crippen LogP contribution < -0.4 is 5.73 Å². The zero-order valence-electron chi connectivity index (χ0n) is 10.9. The van der Waals surface area contributed by atoms with E-state index in [1.54, 1.807) is 0 Å². The topological polar surface area (TPSA) is 181 Å². The van der Waals surface area contributed by atoms with Gasteiger partial charge in [0.05, 0.1) is 25.8 Å². The molecule has 0 radical (unpaired) electrons. The van der Waals surface area contributed by atoms with Crippen molar-refractivity contribution >= 4 is 29.7 Å². The molecule has 118 valence electrons. The first-order valence-electron chi connectivity index (χ1n) is 5.73. The number of carbonyl (C=O) groups is 5. The van der Waals surface area contributed by atoms with Crippen LogP contribution in [0.1, 0.15) is 25.7 Å². The van der Waals surface area contributed by atoms with Crippen molar-refractivity contribution in [1.29, 1.82) is 0 Å². The van der Waals surface area contributed by atoms with Crippen LogP contribution in [0.4, 0.5) is 0 Å². The average molecular weight is 305 g/mol. The van der Waals surface area contributed by atoms with Crippen molar-refractivity contribution in [3.05, 3.63) is 0 Å². The van der Waals surface area contributed by atoms with Gasteiger partial charge in [-0.2, -0.15) is 0 Å². The summed E-state index contributed by atoms with van der Waals surface area (Å²) in [6.07, 6.45) is -3.14. The van der Waals surface area contributed by atoms with Crippen molar-refractivity contribution in [2.75, 3.05) is 6.54 Å². The number of nitrogens with two attached hydrogens (primary N) is 1. The molecule has 0 aliphatic heterocycles. The fourth-order valence-electron chi connectivity index (χ4n) is 1.26. The quantitative estimate of drug-likeness (QED) is 0.276. The molecule has 0 amide bonds. The Morgan fingerprint density at radius 3 is 1.95 bits per heavy atom. The summed E-state index contributed by atoms with van der Waals surface area (Å²) >= 11 is 0. The lowest BCUT2D eigenvalue weighted by atomic mass is 9.96. The van der Waals surface area contributed by atoms with Crippen molar-refractivity contribution in [2.24, 2.45) is 5.73 Å². The Bertz CT molecular complexity index is 459. The summed E-state index contributed by atoms with van der Waals surface area (Å²) in [5.74, 6) is -6.54. The number of esters is 2. The number of rotatable bonds is 9. The standard InChI is InChI=1S/C11H15NO9/c12-5-6(13)1-2-8(16)21-9(17)4-11(20,10(18)19)3-7(14)15/h20H,1-5,12H2,(H,14,15)(H,18,19). The molecule has 0 aromatic carbocycles. The van der Waals surface area contributed by atoms with Crippen molar-refractivity contribution in [3.8, 4) is 0 Å². The molecule has 0 aromatic rings. The predicted molar refractivity (Wildman–Crippen MR) is 63.8 cm³/mol. The molecular weight excluding hydrogens is 290 g/mol. The van der Waals surface area contributed by atoms with Crippen LogP contribution in [0.3, 0.4) is 0 Å². The van der Waals surface area contributed by atoms with Gasteiger partial charge < -0.3 is 25.8 Å². The molecule has 1 unspecified atom stereocenters. The molecular formula is C11H15NO9. The highest BCUT2D eigenvalue weighted by molar-refractivity contribution is 5.93. The fourth-order valence-corrected chi connectivity index (χ4v) is 1.26. The lowest BCUT2D eigenvalue weighted by molar-refractivity contribution is -0.174. The Morgan fingerprint density at radius 1 is 0.952 bits per heavy atom. The highest BCUT2D eigenvalue weighted by atomic mass is 16.6. The van der Waals surface area contributed by atoms with E-state index < -0.39 is 54.5 Å². The van der Waals surface area contributed by atoms with Crippen molar-refractivity contribution < 1.29 is 44.0 Å². The van der Waals surface area contributed by atoms with Gasteiger partial charge in [-0.05, 0) is 0 Å². The third-order valence-electron chi connectivity index (χ3n) is 2.34. The van der Waals surface area contributed by atoms with E-state index in [9.17, 15) is 29.1 Å². The first-order chi connectivity index (χ1) is 9.60. The number of aliphatic carboxylic acids is 2. The number of carbonyl (C=O) groups excluding carboxylic acids is 3. The first-order valence-corrected chi connectivity index (χ1v) is 5.73. The summed E-state index contributed by atoms with van der Waals surface area (Å²) in [5, 5.41) is 26.7. The molecule has 5 N–H and O–H groups in total. The molecule has 21 heavy (non-hydrogen) atoms. The van der Waals surface area contributed by atoms with E-state index in [0.717, 1.165) is 0 Å². The number of aliphatic hydroxyl groups is 1. The maximum absolute atomic E-state index is 11.3. The molecule has 0 fully saturated rings. The van der Waals surface area contributed by atoms with Gasteiger partial charge in [-0.1, -0.05) is 0 Å². The second kappa shape index (κ2) is 8.07. The van der Waals surface area contributed by atoms with Gasteiger partial charge in [0.25, 0.3) is 0 Å². The number of ether oxygens (including phenoxy) is 1. The molecule has 0 aromatic heterocycles. The number of hydrogen-bond acceptors (Lipinski definition) is 8. The van der Waals surface area contributed by atoms with Gasteiger partial charge in [0.15, 0.2) is 5.60 Å². The molecule has 0 heterocycles. The largest absolute Gasteiger partial charge is 0.481 e. The van der Waals surface area contributed by atoms with E-state index in [-0.39, 0.29) is 13.0 Å². The molecule has 10 nitrogen and oxygen atoms in total. The van der Waals surface area contributed by atoms with E-state index in [4.69, 9.17) is 15.9 Å². The molecule has 10 heteroatoms. The molecule has 0 aliphatic rings. The lowest BCUT2D eigenvalue weighted by Gasteiger charge is -2.19. The van der Waals surface area contributed by atoms with Gasteiger partial charge >= 0.3 is 23.9 Å². The minimum absolute atomic E-state index is 0.249. The van der Waals surface area contributed by atoms with E-state index in [2.05, 4.69) is 4.74 Å². The number of carboxylic acid groups (broad SMARTS) is 2. The first kappa shape index (κ1) is 18.7. The van der Waals surface area contributed by atoms with Gasteiger partial charge in [-0.3, -0.25) is 19.2 Å². The van der Waals surface area contributed by atoms with Crippen LogP contribution in [0.15, 0.2) is 0 Å². The number of carboxylic acids is 2. The van der Waals surface area contributed by atoms with Crippen molar-refractivity contribution in [2.45, 2.75) is 31.3 Å². The maximum atomic E-state index is 11.3. The zero-order chi connectivity index (χ0) is 16.6. The molecule has 0 saturated carbocycles. The Hall–Kier alpha value is -2.33. The Kier molecular flexibility index (Phi) is 7.17. The number of ketones is 1. The van der Waals surface area contributed by atoms with Crippen LogP contribution >= 0.6 is 0 Å². The van der Waals surface area contributed by atoms with E-state index in [1.807, 2.05) is 0 Å². The summed E-state index contributed by atoms with van der Waals surface area (Å²) in [6.45, 7) is -0.279. The molecule has 0 bridgehead atoms. The molecule has 0 rings (SSSR count). The van der Waals surface area contributed by atoms with Gasteiger partial charge in [0, 0.05) is 6.42 Å². The van der Waals surface area contributed by atoms with Crippen LogP contribution in [-0.2, 0) is 28.7 Å². The maximum Gasteiger partial charge on any atom is 0.336 e. The average Bonchev–Trinajstić information content (AvgIpc) is 2.34. The summed E-state index contributed by atoms with van der Waals surface area (Å²) in [6, 6.07) is 0. The minimum atomic E-state index is -2.88. The van der Waals surface area contributed by atoms with Gasteiger partial charge in [-0.25, -0.2) is 4.79 Å². The Balaban J connectivity index is 4.51. The van der Waals surface area contributed by atoms with E-state index >= 15 is 0 Å². The molecule has 0 saturated heterocycles. The second-order valence-electron chi connectivity index (χ2n) is 4.17. The van der Waals surface area contributed by atoms with Crippen LogP contribution in [0, 0.1) is 0 Å². The van der Waals surface area contributed by atoms with E-state index in [1.165, 1.54) is 0 Å². The summed E-state index contributed by atoms with van der Waals surface area (Å²) < 4.78 is 4.19. The van der Waals surface area contributed by atoms with Gasteiger partial charge in [0.1, 0.15) is 5.78 Å².